The monoisotopic (exact) mass is 292 g/mol. The van der Waals surface area contributed by atoms with Crippen LogP contribution in [0.2, 0.25) is 0 Å². The van der Waals surface area contributed by atoms with Crippen molar-refractivity contribution in [3.8, 4) is 0 Å². The number of ether oxygens (including phenoxy) is 1. The molecule has 0 N–H and O–H groups in total. The van der Waals surface area contributed by atoms with Gasteiger partial charge in [0.25, 0.3) is 0 Å². The molecule has 0 aromatic rings. The van der Waals surface area contributed by atoms with E-state index in [0.29, 0.717) is 24.5 Å². The summed E-state index contributed by atoms with van der Waals surface area (Å²) in [6.07, 6.45) is -0.971. The summed E-state index contributed by atoms with van der Waals surface area (Å²) in [5.74, 6) is -0.0309. The van der Waals surface area contributed by atoms with Gasteiger partial charge in [-0.2, -0.15) is 13.2 Å². The molecule has 3 unspecified atom stereocenters. The van der Waals surface area contributed by atoms with Gasteiger partial charge in [0.2, 0.25) is 0 Å². The Kier molecular flexibility index (Phi) is 5.27. The normalized spacial score (nSPS) is 31.5. The number of fused-ring (bicyclic) bond motifs is 2. The minimum Gasteiger partial charge on any atom is -0.463 e. The van der Waals surface area contributed by atoms with Gasteiger partial charge in [0.15, 0.2) is 0 Å². The molecule has 0 amide bonds. The Hall–Kier alpha value is -1.00. The molecule has 0 saturated heterocycles. The summed E-state index contributed by atoms with van der Waals surface area (Å²) >= 11 is 0. The molecule has 0 heterocycles. The van der Waals surface area contributed by atoms with Gasteiger partial charge >= 0.3 is 12.1 Å². The number of rotatable bonds is 2. The molecule has 2 aliphatic carbocycles. The fourth-order valence-electron chi connectivity index (χ4n) is 3.21. The van der Waals surface area contributed by atoms with Crippen LogP contribution in [0.5, 0.6) is 0 Å². The van der Waals surface area contributed by atoms with Gasteiger partial charge in [-0.15, -0.1) is 0 Å². The van der Waals surface area contributed by atoms with Crippen molar-refractivity contribution < 1.29 is 22.7 Å². The minimum absolute atomic E-state index is 0.0810. The van der Waals surface area contributed by atoms with Crippen LogP contribution in [-0.2, 0) is 9.53 Å². The summed E-state index contributed by atoms with van der Waals surface area (Å²) in [4.78, 5) is 10.4. The van der Waals surface area contributed by atoms with Crippen LogP contribution < -0.4 is 0 Å². The molecular formula is C15H23F3O2. The van der Waals surface area contributed by atoms with Crippen LogP contribution in [0.3, 0.4) is 0 Å². The van der Waals surface area contributed by atoms with Crippen molar-refractivity contribution in [3.05, 3.63) is 12.2 Å². The van der Waals surface area contributed by atoms with Gasteiger partial charge in [-0.05, 0) is 44.9 Å². The third-order valence-corrected chi connectivity index (χ3v) is 4.43. The maximum absolute atomic E-state index is 12.6. The number of hydrogen-bond donors (Lipinski definition) is 0. The van der Waals surface area contributed by atoms with E-state index < -0.39 is 11.6 Å². The number of halogens is 3. The Morgan fingerprint density at radius 2 is 2.00 bits per heavy atom. The van der Waals surface area contributed by atoms with Gasteiger partial charge in [0.05, 0.1) is 12.0 Å². The standard InChI is InChI=1S/C9H13F3.C6H10O2/c1-8(9(10,11)12)5-6-2-3-7(8)4-6;1-4-8-6(7)5(2)3/h6-7H,2-5H2,1H3;2,4H2,1,3H3. The third kappa shape index (κ3) is 3.55. The number of alkyl halides is 3. The molecule has 2 saturated carbocycles. The first-order valence-corrected chi connectivity index (χ1v) is 7.01. The quantitative estimate of drug-likeness (QED) is 0.553. The molecular weight excluding hydrogens is 269 g/mol. The fraction of sp³-hybridized carbons (Fsp3) is 0.800. The van der Waals surface area contributed by atoms with E-state index in [1.54, 1.807) is 13.8 Å². The minimum atomic E-state index is -3.98. The molecule has 5 heteroatoms. The van der Waals surface area contributed by atoms with E-state index in [-0.39, 0.29) is 11.9 Å². The lowest BCUT2D eigenvalue weighted by Gasteiger charge is -2.35. The molecule has 0 radical (unpaired) electrons. The van der Waals surface area contributed by atoms with Crippen molar-refractivity contribution in [2.24, 2.45) is 17.3 Å². The highest BCUT2D eigenvalue weighted by atomic mass is 19.4. The predicted molar refractivity (Wildman–Crippen MR) is 71.1 cm³/mol. The van der Waals surface area contributed by atoms with E-state index in [1.807, 2.05) is 0 Å². The highest BCUT2D eigenvalue weighted by Crippen LogP contribution is 2.62. The lowest BCUT2D eigenvalue weighted by molar-refractivity contribution is -0.234. The molecule has 116 valence electrons. The highest BCUT2D eigenvalue weighted by Gasteiger charge is 2.61. The van der Waals surface area contributed by atoms with Gasteiger partial charge in [-0.3, -0.25) is 0 Å². The van der Waals surface area contributed by atoms with Crippen molar-refractivity contribution >= 4 is 5.97 Å². The van der Waals surface area contributed by atoms with Crippen LogP contribution in [0.1, 0.15) is 46.5 Å². The molecule has 2 aliphatic rings. The van der Waals surface area contributed by atoms with Gasteiger partial charge in [0, 0.05) is 5.57 Å². The third-order valence-electron chi connectivity index (χ3n) is 4.43. The average molecular weight is 292 g/mol. The Morgan fingerprint density at radius 3 is 2.20 bits per heavy atom. The first-order valence-electron chi connectivity index (χ1n) is 7.01. The number of carbonyl (C=O) groups is 1. The average Bonchev–Trinajstić information content (AvgIpc) is 2.89. The first kappa shape index (κ1) is 17.1. The van der Waals surface area contributed by atoms with Gasteiger partial charge in [0.1, 0.15) is 0 Å². The molecule has 0 aromatic heterocycles. The smallest absolute Gasteiger partial charge is 0.394 e. The zero-order valence-corrected chi connectivity index (χ0v) is 12.3. The van der Waals surface area contributed by atoms with E-state index >= 15 is 0 Å². The van der Waals surface area contributed by atoms with Crippen LogP contribution in [0.25, 0.3) is 0 Å². The van der Waals surface area contributed by atoms with Crippen LogP contribution in [-0.4, -0.2) is 18.8 Å². The summed E-state index contributed by atoms with van der Waals surface area (Å²) in [6.45, 7) is 8.61. The topological polar surface area (TPSA) is 26.3 Å². The van der Waals surface area contributed by atoms with Crippen LogP contribution in [0, 0.1) is 17.3 Å². The summed E-state index contributed by atoms with van der Waals surface area (Å²) in [7, 11) is 0. The maximum atomic E-state index is 12.6. The van der Waals surface area contributed by atoms with Crippen LogP contribution in [0.4, 0.5) is 13.2 Å². The number of carbonyl (C=O) groups excluding carboxylic acids is 1. The van der Waals surface area contributed by atoms with Crippen LogP contribution in [0.15, 0.2) is 12.2 Å². The zero-order chi connectivity index (χ0) is 15.6. The molecule has 2 nitrogen and oxygen atoms in total. The van der Waals surface area contributed by atoms with Crippen molar-refractivity contribution in [1.82, 2.24) is 0 Å². The second-order valence-corrected chi connectivity index (χ2v) is 6.00. The summed E-state index contributed by atoms with van der Waals surface area (Å²) in [5.41, 5.74) is -0.900. The lowest BCUT2D eigenvalue weighted by Crippen LogP contribution is -2.39. The van der Waals surface area contributed by atoms with Gasteiger partial charge in [-0.1, -0.05) is 19.9 Å². The summed E-state index contributed by atoms with van der Waals surface area (Å²) in [5, 5.41) is 0. The van der Waals surface area contributed by atoms with Gasteiger partial charge in [-0.25, -0.2) is 4.79 Å². The van der Waals surface area contributed by atoms with Crippen molar-refractivity contribution in [1.29, 1.82) is 0 Å². The number of esters is 1. The molecule has 2 fully saturated rings. The lowest BCUT2D eigenvalue weighted by atomic mass is 9.74. The molecule has 2 bridgehead atoms. The second-order valence-electron chi connectivity index (χ2n) is 6.00. The molecule has 0 spiro atoms. The van der Waals surface area contributed by atoms with Crippen molar-refractivity contribution in [2.45, 2.75) is 52.6 Å². The Bertz CT molecular complexity index is 376. The van der Waals surface area contributed by atoms with E-state index in [2.05, 4.69) is 11.3 Å². The first-order chi connectivity index (χ1) is 9.11. The molecule has 3 atom stereocenters. The molecule has 0 aromatic carbocycles. The van der Waals surface area contributed by atoms with E-state index in [0.717, 1.165) is 19.3 Å². The molecule has 2 rings (SSSR count). The largest absolute Gasteiger partial charge is 0.463 e. The summed E-state index contributed by atoms with van der Waals surface area (Å²) in [6, 6.07) is 0. The SMILES string of the molecule is C=C(C)C(=O)OCC.CC1(C(F)(F)F)CC2CCC1C2. The van der Waals surface area contributed by atoms with E-state index in [1.165, 1.54) is 6.92 Å². The fourth-order valence-corrected chi connectivity index (χ4v) is 3.21. The van der Waals surface area contributed by atoms with Crippen molar-refractivity contribution in [2.75, 3.05) is 6.61 Å². The maximum Gasteiger partial charge on any atom is 0.394 e. The van der Waals surface area contributed by atoms with Crippen LogP contribution >= 0.6 is 0 Å². The second kappa shape index (κ2) is 6.19. The molecule has 20 heavy (non-hydrogen) atoms. The molecule has 0 aliphatic heterocycles. The Labute approximate surface area is 118 Å². The summed E-state index contributed by atoms with van der Waals surface area (Å²) < 4.78 is 42.4. The Morgan fingerprint density at radius 1 is 1.40 bits per heavy atom. The Balaban J connectivity index is 0.000000221. The van der Waals surface area contributed by atoms with Crippen molar-refractivity contribution in [3.63, 3.8) is 0 Å². The number of hydrogen-bond acceptors (Lipinski definition) is 2. The van der Waals surface area contributed by atoms with Gasteiger partial charge < -0.3 is 4.74 Å². The van der Waals surface area contributed by atoms with E-state index in [9.17, 15) is 18.0 Å². The van der Waals surface area contributed by atoms with E-state index in [4.69, 9.17) is 0 Å². The predicted octanol–water partition coefficient (Wildman–Crippen LogP) is 4.50. The zero-order valence-electron chi connectivity index (χ0n) is 12.3. The highest BCUT2D eigenvalue weighted by molar-refractivity contribution is 5.86.